The lowest BCUT2D eigenvalue weighted by Gasteiger charge is -2.14. The molecule has 1 aromatic carbocycles. The van der Waals surface area contributed by atoms with Crippen molar-refractivity contribution >= 4 is 23.8 Å². The fraction of sp³-hybridized carbons (Fsp3) is 0.697. The summed E-state index contributed by atoms with van der Waals surface area (Å²) in [6.07, 6.45) is 10.6. The minimum atomic E-state index is -1.09. The Morgan fingerprint density at radius 1 is 0.638 bits per heavy atom. The van der Waals surface area contributed by atoms with Crippen LogP contribution in [-0.2, 0) is 19.1 Å². The van der Waals surface area contributed by atoms with Gasteiger partial charge in [0.05, 0.1) is 11.1 Å². The van der Waals surface area contributed by atoms with Crippen LogP contribution in [0.3, 0.4) is 0 Å². The first-order chi connectivity index (χ1) is 22.4. The Morgan fingerprint density at radius 3 is 1.43 bits per heavy atom. The summed E-state index contributed by atoms with van der Waals surface area (Å²) in [6.45, 7) is 5.01. The Hall–Kier alpha value is -4.10. The van der Waals surface area contributed by atoms with Crippen molar-refractivity contribution in [3.8, 4) is 0 Å². The number of unbranched alkanes of at least 4 members (excludes halogenated alkanes) is 10. The van der Waals surface area contributed by atoms with Gasteiger partial charge in [-0.2, -0.15) is 0 Å². The molecule has 2 unspecified atom stereocenters. The van der Waals surface area contributed by atoms with Crippen molar-refractivity contribution in [3.05, 3.63) is 55.1 Å². The maximum Gasteiger partial charge on any atom is 0.339 e. The van der Waals surface area contributed by atoms with Crippen molar-refractivity contribution in [2.75, 3.05) is 26.3 Å². The zero-order chi connectivity index (χ0) is 35.0. The molecule has 47 heavy (non-hydrogen) atoms. The Kier molecular flexibility index (Phi) is 21.0. The molecule has 2 amide bonds. The predicted octanol–water partition coefficient (Wildman–Crippen LogP) is 5.33. The van der Waals surface area contributed by atoms with Crippen LogP contribution in [0.25, 0.3) is 0 Å². The first-order valence-electron chi connectivity index (χ1n) is 16.6. The van der Waals surface area contributed by atoms with Crippen LogP contribution in [0.2, 0.25) is 0 Å². The third kappa shape index (κ3) is 19.2. The molecule has 0 saturated carbocycles. The summed E-state index contributed by atoms with van der Waals surface area (Å²) in [4.78, 5) is 69.9. The monoisotopic (exact) mass is 664 g/mol. The fourth-order valence-corrected chi connectivity index (χ4v) is 4.96. The Morgan fingerprint density at radius 2 is 1.02 bits per heavy atom. The van der Waals surface area contributed by atoms with Crippen LogP contribution in [0.5, 0.6) is 0 Å². The van der Waals surface area contributed by atoms with E-state index in [1.165, 1.54) is 26.0 Å². The summed E-state index contributed by atoms with van der Waals surface area (Å²) in [5.74, 6) is -1.93. The second kappa shape index (κ2) is 24.1. The highest BCUT2D eigenvalue weighted by molar-refractivity contribution is 6.03. The molecule has 14 nitrogen and oxygen atoms in total. The molecule has 0 aliphatic rings. The SMILES string of the molecule is CC(=O)NCCCCCCCCC(COC(=O)c1ccc(C)cc1C(=O)OCC(CCCCCCCCNC(C)=O)[N+](=O)[O-])[N+](=O)[O-]. The molecule has 0 saturated heterocycles. The van der Waals surface area contributed by atoms with E-state index in [0.29, 0.717) is 31.5 Å². The minimum Gasteiger partial charge on any atom is -0.455 e. The molecule has 2 atom stereocenters. The van der Waals surface area contributed by atoms with Gasteiger partial charge in [-0.1, -0.05) is 63.0 Å². The van der Waals surface area contributed by atoms with Crippen molar-refractivity contribution in [2.45, 2.75) is 123 Å². The van der Waals surface area contributed by atoms with Gasteiger partial charge in [-0.05, 0) is 44.7 Å². The fourth-order valence-electron chi connectivity index (χ4n) is 4.96. The van der Waals surface area contributed by atoms with E-state index in [0.717, 1.165) is 64.2 Å². The summed E-state index contributed by atoms with van der Waals surface area (Å²) in [7, 11) is 0. The summed E-state index contributed by atoms with van der Waals surface area (Å²) >= 11 is 0. The van der Waals surface area contributed by atoms with Crippen molar-refractivity contribution in [3.63, 3.8) is 0 Å². The third-order valence-electron chi connectivity index (χ3n) is 7.70. The van der Waals surface area contributed by atoms with Crippen molar-refractivity contribution in [1.82, 2.24) is 10.6 Å². The molecule has 2 N–H and O–H groups in total. The zero-order valence-corrected chi connectivity index (χ0v) is 28.1. The number of nitrogens with one attached hydrogen (secondary N) is 2. The van der Waals surface area contributed by atoms with Crippen LogP contribution in [0.4, 0.5) is 0 Å². The average molecular weight is 665 g/mol. The molecule has 0 aliphatic heterocycles. The molecule has 1 rings (SSSR count). The first kappa shape index (κ1) is 40.9. The molecular formula is C33H52N4O10. The van der Waals surface area contributed by atoms with Gasteiger partial charge in [0.15, 0.2) is 13.2 Å². The predicted molar refractivity (Wildman–Crippen MR) is 175 cm³/mol. The number of ether oxygens (including phenoxy) is 2. The Labute approximate surface area is 277 Å². The zero-order valence-electron chi connectivity index (χ0n) is 28.1. The number of benzene rings is 1. The summed E-state index contributed by atoms with van der Waals surface area (Å²) < 4.78 is 10.5. The first-order valence-corrected chi connectivity index (χ1v) is 16.6. The van der Waals surface area contributed by atoms with Crippen LogP contribution >= 0.6 is 0 Å². The van der Waals surface area contributed by atoms with Crippen LogP contribution in [0.15, 0.2) is 18.2 Å². The number of esters is 2. The molecular weight excluding hydrogens is 612 g/mol. The lowest BCUT2D eigenvalue weighted by Crippen LogP contribution is -2.29. The molecule has 0 radical (unpaired) electrons. The van der Waals surface area contributed by atoms with Gasteiger partial charge >= 0.3 is 11.9 Å². The van der Waals surface area contributed by atoms with E-state index in [1.54, 1.807) is 13.0 Å². The topological polar surface area (TPSA) is 197 Å². The largest absolute Gasteiger partial charge is 0.455 e. The molecule has 14 heteroatoms. The van der Waals surface area contributed by atoms with Crippen LogP contribution < -0.4 is 10.6 Å². The number of amides is 2. The second-order valence-corrected chi connectivity index (χ2v) is 11.9. The molecule has 0 aliphatic carbocycles. The lowest BCUT2D eigenvalue weighted by molar-refractivity contribution is -0.526. The van der Waals surface area contributed by atoms with Gasteiger partial charge in [-0.25, -0.2) is 9.59 Å². The molecule has 0 heterocycles. The van der Waals surface area contributed by atoms with E-state index in [1.807, 2.05) is 0 Å². The van der Waals surface area contributed by atoms with Gasteiger partial charge < -0.3 is 20.1 Å². The summed E-state index contributed by atoms with van der Waals surface area (Å²) in [5, 5.41) is 28.7. The smallest absolute Gasteiger partial charge is 0.339 e. The molecule has 0 spiro atoms. The standard InChI is InChI=1S/C33H52N4O10/c1-25-18-19-30(32(40)46-23-28(36(42)43)16-12-8-4-6-10-14-20-34-26(2)38)31(22-25)33(41)47-24-29(37(44)45)17-13-9-5-7-11-15-21-35-27(3)39/h18-19,22,28-29H,4-17,20-21,23-24H2,1-3H3,(H,34,38)(H,35,39). The van der Waals surface area contributed by atoms with Gasteiger partial charge in [-0.3, -0.25) is 29.8 Å². The highest BCUT2D eigenvalue weighted by Crippen LogP contribution is 2.18. The van der Waals surface area contributed by atoms with Gasteiger partial charge in [-0.15, -0.1) is 0 Å². The number of nitro groups is 2. The number of hydrogen-bond donors (Lipinski definition) is 2. The Balaban J connectivity index is 2.55. The van der Waals surface area contributed by atoms with E-state index in [2.05, 4.69) is 10.6 Å². The van der Waals surface area contributed by atoms with E-state index in [-0.39, 0.29) is 35.8 Å². The van der Waals surface area contributed by atoms with Crippen molar-refractivity contribution in [2.24, 2.45) is 0 Å². The van der Waals surface area contributed by atoms with E-state index in [4.69, 9.17) is 9.47 Å². The Bertz CT molecular complexity index is 1160. The van der Waals surface area contributed by atoms with Gasteiger partial charge in [0.1, 0.15) is 0 Å². The normalized spacial score (nSPS) is 12.1. The highest BCUT2D eigenvalue weighted by atomic mass is 16.6. The molecule has 264 valence electrons. The van der Waals surface area contributed by atoms with Gasteiger partial charge in [0.25, 0.3) is 0 Å². The molecule has 0 bridgehead atoms. The molecule has 0 aromatic heterocycles. The quantitative estimate of drug-likeness (QED) is 0.0565. The number of hydrogen-bond acceptors (Lipinski definition) is 10. The average Bonchev–Trinajstić information content (AvgIpc) is 3.01. The summed E-state index contributed by atoms with van der Waals surface area (Å²) in [6, 6.07) is 2.21. The van der Waals surface area contributed by atoms with Crippen LogP contribution in [0.1, 0.15) is 130 Å². The maximum atomic E-state index is 12.9. The lowest BCUT2D eigenvalue weighted by atomic mass is 10.0. The number of carbonyl (C=O) groups excluding carboxylic acids is 4. The number of carbonyl (C=O) groups is 4. The maximum absolute atomic E-state index is 12.9. The van der Waals surface area contributed by atoms with Crippen molar-refractivity contribution < 1.29 is 38.5 Å². The van der Waals surface area contributed by atoms with Crippen LogP contribution in [-0.4, -0.2) is 72.0 Å². The number of aryl methyl sites for hydroxylation is 1. The molecule has 0 fully saturated rings. The molecule has 1 aromatic rings. The van der Waals surface area contributed by atoms with Gasteiger partial charge in [0.2, 0.25) is 23.9 Å². The van der Waals surface area contributed by atoms with Crippen molar-refractivity contribution in [1.29, 1.82) is 0 Å². The minimum absolute atomic E-state index is 0.0572. The highest BCUT2D eigenvalue weighted by Gasteiger charge is 2.27. The summed E-state index contributed by atoms with van der Waals surface area (Å²) in [5.41, 5.74) is 0.403. The van der Waals surface area contributed by atoms with Gasteiger partial charge in [0, 0.05) is 49.6 Å². The number of rotatable bonds is 26. The van der Waals surface area contributed by atoms with E-state index in [9.17, 15) is 39.4 Å². The van der Waals surface area contributed by atoms with Crippen LogP contribution in [0, 0.1) is 27.2 Å². The second-order valence-electron chi connectivity index (χ2n) is 11.9. The van der Waals surface area contributed by atoms with E-state index >= 15 is 0 Å². The number of nitrogens with zero attached hydrogens (tertiary/aromatic N) is 2. The van der Waals surface area contributed by atoms with E-state index < -0.39 is 47.1 Å². The third-order valence-corrected chi connectivity index (χ3v) is 7.70.